The van der Waals surface area contributed by atoms with E-state index in [4.69, 9.17) is 23.9 Å². The molecular weight excluding hydrogens is 683 g/mol. The summed E-state index contributed by atoms with van der Waals surface area (Å²) in [6, 6.07) is 3.16. The molecule has 1 saturated heterocycles. The number of carbonyl (C=O) groups is 4. The SMILES string of the molecule is CCOC(=O)[C@@]12C[C@H]1/C=C\CCCCC[C@H](NC(=O)OC(C)(C)C)C(=O)N1C[C@@]3(C[C@@H](F)c4c(c(C(C)C)nc5ccc(OC)cc45)O3)C[C@H]1C(=O)N2. The minimum atomic E-state index is -1.52. The van der Waals surface area contributed by atoms with Gasteiger partial charge in [0.15, 0.2) is 0 Å². The molecule has 1 aromatic carbocycles. The van der Waals surface area contributed by atoms with Gasteiger partial charge in [0.2, 0.25) is 11.8 Å². The van der Waals surface area contributed by atoms with E-state index >= 15 is 4.39 Å². The summed E-state index contributed by atoms with van der Waals surface area (Å²) in [5.74, 6) is -1.17. The van der Waals surface area contributed by atoms with Crippen LogP contribution in [0.3, 0.4) is 0 Å². The summed E-state index contributed by atoms with van der Waals surface area (Å²) in [6.45, 7) is 10.8. The van der Waals surface area contributed by atoms with Crippen LogP contribution in [0.15, 0.2) is 30.4 Å². The van der Waals surface area contributed by atoms with Crippen molar-refractivity contribution < 1.29 is 42.5 Å². The minimum Gasteiger partial charge on any atom is -0.497 e. The molecule has 2 N–H and O–H groups in total. The number of nitrogens with zero attached hydrogens (tertiary/aromatic N) is 2. The summed E-state index contributed by atoms with van der Waals surface area (Å²) < 4.78 is 40.2. The third-order valence-corrected chi connectivity index (χ3v) is 10.6. The highest BCUT2D eigenvalue weighted by molar-refractivity contribution is 5.97. The number of methoxy groups -OCH3 is 1. The highest BCUT2D eigenvalue weighted by Crippen LogP contribution is 2.52. The zero-order chi connectivity index (χ0) is 38.3. The zero-order valence-electron chi connectivity index (χ0n) is 31.9. The van der Waals surface area contributed by atoms with Crippen LogP contribution in [-0.2, 0) is 23.9 Å². The van der Waals surface area contributed by atoms with E-state index in [0.717, 1.165) is 19.3 Å². The zero-order valence-corrected chi connectivity index (χ0v) is 31.9. The van der Waals surface area contributed by atoms with Gasteiger partial charge in [-0.25, -0.2) is 19.0 Å². The predicted octanol–water partition coefficient (Wildman–Crippen LogP) is 6.35. The standard InChI is InChI=1S/C40H53FN4O8/c1-8-51-36(48)40-19-24(40)14-12-10-9-11-13-15-29(43-37(49)53-38(4,5)6)35(47)45-22-39(21-30(45)34(46)44-40)20-27(41)31-26-18-25(50-7)16-17-28(26)42-32(23(2)3)33(31)52-39/h12,14,16-18,23-24,27,29-30H,8-11,13,15,19-22H2,1-7H3,(H,43,49)(H,44,46)/b14-12-/t24-,27-,29+,30+,39-,40-/m1/s1. The van der Waals surface area contributed by atoms with Crippen molar-refractivity contribution >= 4 is 34.8 Å². The van der Waals surface area contributed by atoms with Gasteiger partial charge >= 0.3 is 12.1 Å². The predicted molar refractivity (Wildman–Crippen MR) is 195 cm³/mol. The monoisotopic (exact) mass is 736 g/mol. The smallest absolute Gasteiger partial charge is 0.408 e. The van der Waals surface area contributed by atoms with Crippen molar-refractivity contribution in [1.29, 1.82) is 0 Å². The Morgan fingerprint density at radius 2 is 1.92 bits per heavy atom. The van der Waals surface area contributed by atoms with E-state index in [-0.39, 0.29) is 37.8 Å². The molecule has 2 aromatic rings. The lowest BCUT2D eigenvalue weighted by molar-refractivity contribution is -0.150. The molecule has 6 rings (SSSR count). The second kappa shape index (κ2) is 14.8. The van der Waals surface area contributed by atoms with Crippen molar-refractivity contribution in [2.45, 2.75) is 134 Å². The van der Waals surface area contributed by atoms with Gasteiger partial charge in [-0.2, -0.15) is 0 Å². The molecule has 3 aliphatic heterocycles. The quantitative estimate of drug-likeness (QED) is 0.265. The second-order valence-corrected chi connectivity index (χ2v) is 16.2. The lowest BCUT2D eigenvalue weighted by Crippen LogP contribution is -2.57. The number of allylic oxidation sites excluding steroid dienone is 1. The molecule has 2 fully saturated rings. The van der Waals surface area contributed by atoms with Crippen LogP contribution in [0, 0.1) is 5.92 Å². The molecule has 288 valence electrons. The molecule has 1 spiro atoms. The Labute approximate surface area is 310 Å². The number of esters is 1. The van der Waals surface area contributed by atoms with Gasteiger partial charge in [-0.3, -0.25) is 9.59 Å². The van der Waals surface area contributed by atoms with Gasteiger partial charge in [-0.1, -0.05) is 38.8 Å². The van der Waals surface area contributed by atoms with Crippen LogP contribution in [0.2, 0.25) is 0 Å². The minimum absolute atomic E-state index is 0.0450. The number of hydrogen-bond acceptors (Lipinski definition) is 9. The number of pyridine rings is 1. The van der Waals surface area contributed by atoms with Crippen LogP contribution >= 0.6 is 0 Å². The fraction of sp³-hybridized carbons (Fsp3) is 0.625. The molecule has 6 atom stereocenters. The largest absolute Gasteiger partial charge is 0.497 e. The summed E-state index contributed by atoms with van der Waals surface area (Å²) in [7, 11) is 1.54. The van der Waals surface area contributed by atoms with Crippen molar-refractivity contribution in [3.63, 3.8) is 0 Å². The molecular formula is C40H53FN4O8. The van der Waals surface area contributed by atoms with Gasteiger partial charge in [0.25, 0.3) is 0 Å². The topological polar surface area (TPSA) is 145 Å². The van der Waals surface area contributed by atoms with E-state index in [2.05, 4.69) is 10.6 Å². The van der Waals surface area contributed by atoms with Crippen LogP contribution in [-0.4, -0.2) is 82.8 Å². The lowest BCUT2D eigenvalue weighted by atomic mass is 9.85. The summed E-state index contributed by atoms with van der Waals surface area (Å²) in [4.78, 5) is 61.9. The van der Waals surface area contributed by atoms with E-state index < -0.39 is 58.9 Å². The molecule has 12 nitrogen and oxygen atoms in total. The Balaban J connectivity index is 1.41. The van der Waals surface area contributed by atoms with Crippen molar-refractivity contribution in [3.8, 4) is 11.5 Å². The molecule has 4 aliphatic rings. The summed E-state index contributed by atoms with van der Waals surface area (Å²) in [5.41, 5.74) is -1.86. The van der Waals surface area contributed by atoms with Crippen LogP contribution in [0.5, 0.6) is 11.5 Å². The molecule has 13 heteroatoms. The summed E-state index contributed by atoms with van der Waals surface area (Å²) in [5, 5.41) is 6.31. The van der Waals surface area contributed by atoms with E-state index in [9.17, 15) is 19.2 Å². The molecule has 3 amide bonds. The van der Waals surface area contributed by atoms with Crippen molar-refractivity contribution in [2.75, 3.05) is 20.3 Å². The Morgan fingerprint density at radius 3 is 2.62 bits per heavy atom. The maximum Gasteiger partial charge on any atom is 0.408 e. The number of amides is 3. The second-order valence-electron chi connectivity index (χ2n) is 16.2. The number of nitrogens with one attached hydrogen (secondary N) is 2. The normalized spacial score (nSPS) is 29.5. The van der Waals surface area contributed by atoms with Gasteiger partial charge in [0, 0.05) is 29.7 Å². The number of ether oxygens (including phenoxy) is 4. The maximum absolute atomic E-state index is 16.9. The third-order valence-electron chi connectivity index (χ3n) is 10.6. The van der Waals surface area contributed by atoms with Gasteiger partial charge < -0.3 is 34.5 Å². The van der Waals surface area contributed by atoms with Crippen LogP contribution in [0.1, 0.15) is 116 Å². The Bertz CT molecular complexity index is 1790. The number of fused-ring (bicyclic) bond motifs is 5. The number of alkyl carbamates (subject to hydrolysis) is 1. The van der Waals surface area contributed by atoms with E-state index in [1.54, 1.807) is 53.0 Å². The molecule has 0 unspecified atom stereocenters. The molecule has 53 heavy (non-hydrogen) atoms. The van der Waals surface area contributed by atoms with Gasteiger partial charge in [0.05, 0.1) is 31.5 Å². The fourth-order valence-electron chi connectivity index (χ4n) is 8.00. The number of benzene rings is 1. The Kier molecular flexibility index (Phi) is 10.7. The number of rotatable bonds is 5. The molecule has 4 heterocycles. The average Bonchev–Trinajstić information content (AvgIpc) is 3.66. The number of aromatic nitrogens is 1. The fourth-order valence-corrected chi connectivity index (χ4v) is 8.00. The van der Waals surface area contributed by atoms with E-state index in [0.29, 0.717) is 52.9 Å². The van der Waals surface area contributed by atoms with Crippen LogP contribution in [0.25, 0.3) is 10.9 Å². The van der Waals surface area contributed by atoms with Crippen LogP contribution in [0.4, 0.5) is 9.18 Å². The number of halogens is 1. The van der Waals surface area contributed by atoms with Gasteiger partial charge in [0.1, 0.15) is 46.5 Å². The van der Waals surface area contributed by atoms with E-state index in [1.165, 1.54) is 4.90 Å². The molecule has 0 radical (unpaired) electrons. The van der Waals surface area contributed by atoms with Crippen molar-refractivity contribution in [3.05, 3.63) is 41.6 Å². The molecule has 0 bridgehead atoms. The van der Waals surface area contributed by atoms with Crippen LogP contribution < -0.4 is 20.1 Å². The van der Waals surface area contributed by atoms with Gasteiger partial charge in [-0.05, 0) is 77.5 Å². The highest BCUT2D eigenvalue weighted by Gasteiger charge is 2.63. The first-order valence-corrected chi connectivity index (χ1v) is 18.9. The summed E-state index contributed by atoms with van der Waals surface area (Å²) in [6.07, 6.45) is 5.19. The number of alkyl halides is 1. The first-order valence-electron chi connectivity index (χ1n) is 18.9. The van der Waals surface area contributed by atoms with E-state index in [1.807, 2.05) is 26.0 Å². The van der Waals surface area contributed by atoms with Gasteiger partial charge in [-0.15, -0.1) is 0 Å². The highest BCUT2D eigenvalue weighted by atomic mass is 19.1. The average molecular weight is 737 g/mol. The first-order chi connectivity index (χ1) is 25.1. The first kappa shape index (κ1) is 38.3. The molecule has 1 saturated carbocycles. The third kappa shape index (κ3) is 7.80. The Morgan fingerprint density at radius 1 is 1.15 bits per heavy atom. The number of carbonyl (C=O) groups excluding carboxylic acids is 4. The molecule has 1 aromatic heterocycles. The van der Waals surface area contributed by atoms with Crippen molar-refractivity contribution in [1.82, 2.24) is 20.5 Å². The number of hydrogen-bond donors (Lipinski definition) is 2. The lowest BCUT2D eigenvalue weighted by Gasteiger charge is -2.39. The molecule has 1 aliphatic carbocycles. The van der Waals surface area contributed by atoms with Crippen molar-refractivity contribution in [2.24, 2.45) is 5.92 Å². The maximum atomic E-state index is 16.9. The summed E-state index contributed by atoms with van der Waals surface area (Å²) >= 11 is 0. The Hall–Kier alpha value is -4.42.